The van der Waals surface area contributed by atoms with Gasteiger partial charge in [0.2, 0.25) is 0 Å². The molecule has 0 aliphatic rings. The van der Waals surface area contributed by atoms with E-state index in [2.05, 4.69) is 0 Å². The van der Waals surface area contributed by atoms with Crippen LogP contribution in [-0.4, -0.2) is 73.3 Å². The van der Waals surface area contributed by atoms with Crippen LogP contribution in [0.4, 0.5) is 0 Å². The summed E-state index contributed by atoms with van der Waals surface area (Å²) >= 11 is 0. The Balaban J connectivity index is 1.91. The summed E-state index contributed by atoms with van der Waals surface area (Å²) in [6.07, 6.45) is 3.65. The zero-order valence-electron chi connectivity index (χ0n) is 18.4. The number of benzene rings is 2. The van der Waals surface area contributed by atoms with Crippen LogP contribution in [0, 0.1) is 0 Å². The van der Waals surface area contributed by atoms with Crippen molar-refractivity contribution in [3.8, 4) is 23.0 Å². The lowest BCUT2D eigenvalue weighted by molar-refractivity contribution is 0.178. The SMILES string of the molecule is OCCOc1ccc(CCCCc2ccc(OCCO)c(OCCO)c2)cc1OCCO. The molecule has 0 aromatic heterocycles. The number of rotatable bonds is 17. The largest absolute Gasteiger partial charge is 0.487 e. The zero-order chi connectivity index (χ0) is 23.0. The van der Waals surface area contributed by atoms with Crippen LogP contribution in [0.15, 0.2) is 36.4 Å². The normalized spacial score (nSPS) is 10.8. The summed E-state index contributed by atoms with van der Waals surface area (Å²) in [5.41, 5.74) is 2.21. The third-order valence-electron chi connectivity index (χ3n) is 4.59. The van der Waals surface area contributed by atoms with Gasteiger partial charge in [-0.2, -0.15) is 0 Å². The van der Waals surface area contributed by atoms with Gasteiger partial charge < -0.3 is 39.4 Å². The molecule has 0 unspecified atom stereocenters. The van der Waals surface area contributed by atoms with Crippen LogP contribution in [-0.2, 0) is 12.8 Å². The molecule has 32 heavy (non-hydrogen) atoms. The number of aliphatic hydroxyl groups excluding tert-OH is 4. The van der Waals surface area contributed by atoms with Gasteiger partial charge in [0.1, 0.15) is 26.4 Å². The Morgan fingerprint density at radius 2 is 0.812 bits per heavy atom. The Labute approximate surface area is 188 Å². The third kappa shape index (κ3) is 8.92. The first-order chi connectivity index (χ1) is 15.7. The monoisotopic (exact) mass is 450 g/mol. The highest BCUT2D eigenvalue weighted by Crippen LogP contribution is 2.30. The second-order valence-electron chi connectivity index (χ2n) is 7.06. The number of hydrogen-bond acceptors (Lipinski definition) is 8. The molecule has 0 saturated heterocycles. The van der Waals surface area contributed by atoms with Gasteiger partial charge in [-0.25, -0.2) is 0 Å². The van der Waals surface area contributed by atoms with Gasteiger partial charge in [-0.1, -0.05) is 12.1 Å². The number of hydrogen-bond donors (Lipinski definition) is 4. The maximum Gasteiger partial charge on any atom is 0.161 e. The molecule has 2 aromatic carbocycles. The van der Waals surface area contributed by atoms with Crippen LogP contribution in [0.5, 0.6) is 23.0 Å². The molecule has 0 radical (unpaired) electrons. The van der Waals surface area contributed by atoms with E-state index in [9.17, 15) is 0 Å². The lowest BCUT2D eigenvalue weighted by Gasteiger charge is -2.14. The summed E-state index contributed by atoms with van der Waals surface area (Å²) in [5, 5.41) is 36.0. The highest BCUT2D eigenvalue weighted by atomic mass is 16.5. The standard InChI is InChI=1S/C24H34O8/c25-9-13-29-21-7-5-19(17-23(21)31-15-11-27)3-1-2-4-20-6-8-22(30-14-10-26)24(18-20)32-16-12-28/h5-8,17-18,25-28H,1-4,9-16H2. The minimum Gasteiger partial charge on any atom is -0.487 e. The van der Waals surface area contributed by atoms with Crippen molar-refractivity contribution in [3.05, 3.63) is 47.5 Å². The smallest absolute Gasteiger partial charge is 0.161 e. The molecule has 0 atom stereocenters. The van der Waals surface area contributed by atoms with Crippen LogP contribution in [0.2, 0.25) is 0 Å². The van der Waals surface area contributed by atoms with Gasteiger partial charge in [-0.15, -0.1) is 0 Å². The summed E-state index contributed by atoms with van der Waals surface area (Å²) in [4.78, 5) is 0. The third-order valence-corrected chi connectivity index (χ3v) is 4.59. The van der Waals surface area contributed by atoms with Crippen molar-refractivity contribution in [2.24, 2.45) is 0 Å². The summed E-state index contributed by atoms with van der Waals surface area (Å²) in [6, 6.07) is 11.4. The molecule has 8 heteroatoms. The van der Waals surface area contributed by atoms with Crippen LogP contribution >= 0.6 is 0 Å². The van der Waals surface area contributed by atoms with E-state index in [0.717, 1.165) is 36.8 Å². The van der Waals surface area contributed by atoms with E-state index in [1.807, 2.05) is 36.4 Å². The van der Waals surface area contributed by atoms with E-state index in [1.165, 1.54) is 0 Å². The second kappa shape index (κ2) is 15.3. The predicted octanol–water partition coefficient (Wildman–Crippen LogP) is 1.74. The minimum absolute atomic E-state index is 0.0809. The Kier molecular flexibility index (Phi) is 12.3. The number of ether oxygens (including phenoxy) is 4. The summed E-state index contributed by atoms with van der Waals surface area (Å²) < 4.78 is 22.1. The molecule has 0 heterocycles. The van der Waals surface area contributed by atoms with Crippen LogP contribution in [0.25, 0.3) is 0 Å². The van der Waals surface area contributed by atoms with E-state index < -0.39 is 0 Å². The molecule has 0 aliphatic carbocycles. The molecule has 0 spiro atoms. The minimum atomic E-state index is -0.0858. The summed E-state index contributed by atoms with van der Waals surface area (Å²) in [5.74, 6) is 2.23. The molecule has 0 fully saturated rings. The molecule has 2 rings (SSSR count). The predicted molar refractivity (Wildman–Crippen MR) is 120 cm³/mol. The van der Waals surface area contributed by atoms with E-state index in [-0.39, 0.29) is 52.9 Å². The van der Waals surface area contributed by atoms with Gasteiger partial charge in [0, 0.05) is 0 Å². The van der Waals surface area contributed by atoms with Crippen molar-refractivity contribution < 1.29 is 39.4 Å². The molecule has 178 valence electrons. The Morgan fingerprint density at radius 3 is 1.16 bits per heavy atom. The van der Waals surface area contributed by atoms with Crippen molar-refractivity contribution in [2.75, 3.05) is 52.9 Å². The van der Waals surface area contributed by atoms with E-state index in [1.54, 1.807) is 0 Å². The van der Waals surface area contributed by atoms with Crippen molar-refractivity contribution in [2.45, 2.75) is 25.7 Å². The van der Waals surface area contributed by atoms with Crippen molar-refractivity contribution in [1.29, 1.82) is 0 Å². The van der Waals surface area contributed by atoms with Crippen LogP contribution < -0.4 is 18.9 Å². The fourth-order valence-electron chi connectivity index (χ4n) is 3.16. The quantitative estimate of drug-likeness (QED) is 0.269. The Bertz CT molecular complexity index is 715. The average molecular weight is 451 g/mol. The van der Waals surface area contributed by atoms with Crippen molar-refractivity contribution >= 4 is 0 Å². The van der Waals surface area contributed by atoms with E-state index in [0.29, 0.717) is 23.0 Å². The van der Waals surface area contributed by atoms with Crippen LogP contribution in [0.3, 0.4) is 0 Å². The average Bonchev–Trinajstić information content (AvgIpc) is 2.82. The molecule has 4 N–H and O–H groups in total. The molecule has 0 bridgehead atoms. The van der Waals surface area contributed by atoms with Gasteiger partial charge >= 0.3 is 0 Å². The molecular weight excluding hydrogens is 416 g/mol. The molecular formula is C24H34O8. The van der Waals surface area contributed by atoms with Gasteiger partial charge in [0.05, 0.1) is 26.4 Å². The lowest BCUT2D eigenvalue weighted by atomic mass is 10.0. The van der Waals surface area contributed by atoms with E-state index >= 15 is 0 Å². The maximum absolute atomic E-state index is 9.03. The fourth-order valence-corrected chi connectivity index (χ4v) is 3.16. The fraction of sp³-hybridized carbons (Fsp3) is 0.500. The molecule has 8 nitrogen and oxygen atoms in total. The second-order valence-corrected chi connectivity index (χ2v) is 7.06. The first-order valence-electron chi connectivity index (χ1n) is 10.9. The highest BCUT2D eigenvalue weighted by Gasteiger charge is 2.09. The number of aryl methyl sites for hydroxylation is 2. The number of aliphatic hydroxyl groups is 4. The molecule has 2 aromatic rings. The van der Waals surface area contributed by atoms with Crippen molar-refractivity contribution in [3.63, 3.8) is 0 Å². The topological polar surface area (TPSA) is 118 Å². The van der Waals surface area contributed by atoms with Gasteiger partial charge in [-0.3, -0.25) is 0 Å². The lowest BCUT2D eigenvalue weighted by Crippen LogP contribution is -2.07. The first kappa shape index (κ1) is 25.7. The van der Waals surface area contributed by atoms with Gasteiger partial charge in [0.15, 0.2) is 23.0 Å². The molecule has 0 aliphatic heterocycles. The zero-order valence-corrected chi connectivity index (χ0v) is 18.4. The molecule has 0 saturated carbocycles. The van der Waals surface area contributed by atoms with E-state index in [4.69, 9.17) is 39.4 Å². The van der Waals surface area contributed by atoms with Crippen molar-refractivity contribution in [1.82, 2.24) is 0 Å². The van der Waals surface area contributed by atoms with Gasteiger partial charge in [-0.05, 0) is 61.1 Å². The maximum atomic E-state index is 9.03. The summed E-state index contributed by atoms with van der Waals surface area (Å²) in [6.45, 7) is 0.389. The highest BCUT2D eigenvalue weighted by molar-refractivity contribution is 5.44. The van der Waals surface area contributed by atoms with Crippen LogP contribution in [0.1, 0.15) is 24.0 Å². The molecule has 0 amide bonds. The number of unbranched alkanes of at least 4 members (excludes halogenated alkanes) is 1. The summed E-state index contributed by atoms with van der Waals surface area (Å²) in [7, 11) is 0. The first-order valence-corrected chi connectivity index (χ1v) is 10.9. The van der Waals surface area contributed by atoms with Gasteiger partial charge in [0.25, 0.3) is 0 Å². The Morgan fingerprint density at radius 1 is 0.469 bits per heavy atom. The Hall–Kier alpha value is -2.52.